The molecule has 0 spiro atoms. The lowest BCUT2D eigenvalue weighted by Gasteiger charge is -2.11. The number of nitrogens with one attached hydrogen (secondary N) is 2. The number of fused-ring (bicyclic) bond motifs is 1. The van der Waals surface area contributed by atoms with Gasteiger partial charge in [0.2, 0.25) is 0 Å². The van der Waals surface area contributed by atoms with Crippen molar-refractivity contribution in [1.29, 1.82) is 0 Å². The quantitative estimate of drug-likeness (QED) is 0.744. The molecular weight excluding hydrogens is 246 g/mol. The van der Waals surface area contributed by atoms with Crippen molar-refractivity contribution in [3.05, 3.63) is 46.5 Å². The van der Waals surface area contributed by atoms with Crippen molar-refractivity contribution in [3.8, 4) is 0 Å². The van der Waals surface area contributed by atoms with Gasteiger partial charge in [0.1, 0.15) is 23.7 Å². The molecule has 0 aromatic carbocycles. The van der Waals surface area contributed by atoms with Crippen molar-refractivity contribution in [2.24, 2.45) is 0 Å². The van der Waals surface area contributed by atoms with Crippen LogP contribution >= 0.6 is 0 Å². The highest BCUT2D eigenvalue weighted by molar-refractivity contribution is 5.49. The maximum atomic E-state index is 11.3. The average molecular weight is 259 g/mol. The van der Waals surface area contributed by atoms with E-state index in [1.165, 1.54) is 10.7 Å². The highest BCUT2D eigenvalue weighted by Crippen LogP contribution is 2.19. The summed E-state index contributed by atoms with van der Waals surface area (Å²) in [6.07, 6.45) is 1.43. The zero-order valence-electron chi connectivity index (χ0n) is 10.5. The van der Waals surface area contributed by atoms with E-state index in [0.29, 0.717) is 11.5 Å². The van der Waals surface area contributed by atoms with Crippen LogP contribution in [0.3, 0.4) is 0 Å². The largest absolute Gasteiger partial charge is 0.464 e. The Bertz CT molecular complexity index is 770. The van der Waals surface area contributed by atoms with E-state index < -0.39 is 0 Å². The Morgan fingerprint density at radius 3 is 3.05 bits per heavy atom. The van der Waals surface area contributed by atoms with E-state index >= 15 is 0 Å². The van der Waals surface area contributed by atoms with Crippen LogP contribution in [0.5, 0.6) is 0 Å². The highest BCUT2D eigenvalue weighted by Gasteiger charge is 2.10. The molecule has 3 aromatic rings. The SMILES string of the molecule is Cc1ccc(C(C)Nc2cc3n[nH]c(=O)n3cn2)o1. The normalized spacial score (nSPS) is 12.7. The molecule has 0 saturated heterocycles. The topological polar surface area (TPSA) is 88.2 Å². The van der Waals surface area contributed by atoms with E-state index in [4.69, 9.17) is 4.42 Å². The first kappa shape index (κ1) is 11.5. The van der Waals surface area contributed by atoms with Gasteiger partial charge in [0.05, 0.1) is 6.04 Å². The molecule has 3 rings (SSSR count). The van der Waals surface area contributed by atoms with Gasteiger partial charge in [-0.15, -0.1) is 0 Å². The molecule has 0 fully saturated rings. The fourth-order valence-corrected chi connectivity index (χ4v) is 1.87. The summed E-state index contributed by atoms with van der Waals surface area (Å²) in [5.41, 5.74) is 0.217. The van der Waals surface area contributed by atoms with Crippen LogP contribution in [0.2, 0.25) is 0 Å². The first-order chi connectivity index (χ1) is 9.13. The second kappa shape index (κ2) is 4.27. The summed E-state index contributed by atoms with van der Waals surface area (Å²) >= 11 is 0. The van der Waals surface area contributed by atoms with E-state index in [9.17, 15) is 4.79 Å². The molecule has 0 aliphatic rings. The number of rotatable bonds is 3. The molecule has 0 aliphatic carbocycles. The van der Waals surface area contributed by atoms with Crippen molar-refractivity contribution in [2.45, 2.75) is 19.9 Å². The molecule has 0 aliphatic heterocycles. The van der Waals surface area contributed by atoms with Crippen LogP contribution in [0, 0.1) is 6.92 Å². The van der Waals surface area contributed by atoms with Crippen molar-refractivity contribution >= 4 is 11.5 Å². The molecule has 0 radical (unpaired) electrons. The van der Waals surface area contributed by atoms with Crippen LogP contribution < -0.4 is 11.0 Å². The van der Waals surface area contributed by atoms with Crippen LogP contribution in [-0.4, -0.2) is 19.6 Å². The molecule has 3 heterocycles. The Kier molecular flexibility index (Phi) is 2.59. The number of anilines is 1. The van der Waals surface area contributed by atoms with Crippen molar-refractivity contribution < 1.29 is 4.42 Å². The summed E-state index contributed by atoms with van der Waals surface area (Å²) in [7, 11) is 0. The summed E-state index contributed by atoms with van der Waals surface area (Å²) < 4.78 is 6.88. The number of furan rings is 1. The van der Waals surface area contributed by atoms with E-state index in [2.05, 4.69) is 20.5 Å². The molecule has 7 heteroatoms. The number of hydrogen-bond donors (Lipinski definition) is 2. The lowest BCUT2D eigenvalue weighted by atomic mass is 10.2. The number of nitrogens with zero attached hydrogens (tertiary/aromatic N) is 3. The van der Waals surface area contributed by atoms with Gasteiger partial charge in [-0.3, -0.25) is 0 Å². The summed E-state index contributed by atoms with van der Waals surface area (Å²) in [6, 6.07) is 5.51. The van der Waals surface area contributed by atoms with Gasteiger partial charge in [0.25, 0.3) is 0 Å². The van der Waals surface area contributed by atoms with Crippen molar-refractivity contribution in [3.63, 3.8) is 0 Å². The maximum absolute atomic E-state index is 11.3. The van der Waals surface area contributed by atoms with Crippen molar-refractivity contribution in [1.82, 2.24) is 19.6 Å². The minimum atomic E-state index is -0.302. The predicted octanol–water partition coefficient (Wildman–Crippen LogP) is 1.49. The Balaban J connectivity index is 1.86. The molecule has 3 aromatic heterocycles. The van der Waals surface area contributed by atoms with Gasteiger partial charge in [-0.05, 0) is 26.0 Å². The zero-order chi connectivity index (χ0) is 13.4. The number of aryl methyl sites for hydroxylation is 1. The number of aromatic amines is 1. The van der Waals surface area contributed by atoms with Gasteiger partial charge >= 0.3 is 5.69 Å². The van der Waals surface area contributed by atoms with Crippen LogP contribution in [0.25, 0.3) is 5.65 Å². The van der Waals surface area contributed by atoms with E-state index in [-0.39, 0.29) is 11.7 Å². The summed E-state index contributed by atoms with van der Waals surface area (Å²) in [5, 5.41) is 9.45. The summed E-state index contributed by atoms with van der Waals surface area (Å²) in [4.78, 5) is 15.5. The highest BCUT2D eigenvalue weighted by atomic mass is 16.3. The molecule has 98 valence electrons. The fraction of sp³-hybridized carbons (Fsp3) is 0.250. The van der Waals surface area contributed by atoms with Gasteiger partial charge in [0, 0.05) is 6.07 Å². The van der Waals surface area contributed by atoms with Gasteiger partial charge in [-0.2, -0.15) is 5.10 Å². The monoisotopic (exact) mass is 259 g/mol. The molecule has 0 saturated carbocycles. The maximum Gasteiger partial charge on any atom is 0.348 e. The second-order valence-corrected chi connectivity index (χ2v) is 4.35. The Morgan fingerprint density at radius 1 is 1.47 bits per heavy atom. The number of aromatic nitrogens is 4. The van der Waals surface area contributed by atoms with E-state index in [0.717, 1.165) is 11.5 Å². The third-order valence-corrected chi connectivity index (χ3v) is 2.86. The van der Waals surface area contributed by atoms with Gasteiger partial charge < -0.3 is 9.73 Å². The van der Waals surface area contributed by atoms with Gasteiger partial charge in [-0.25, -0.2) is 19.3 Å². The third-order valence-electron chi connectivity index (χ3n) is 2.86. The average Bonchev–Trinajstić information content (AvgIpc) is 2.97. The van der Waals surface area contributed by atoms with Crippen LogP contribution in [0.1, 0.15) is 24.5 Å². The molecule has 0 amide bonds. The predicted molar refractivity (Wildman–Crippen MR) is 69.1 cm³/mol. The van der Waals surface area contributed by atoms with Crippen molar-refractivity contribution in [2.75, 3.05) is 5.32 Å². The standard InChI is InChI=1S/C12H13N5O2/c1-7-3-4-9(19-7)8(2)14-10-5-11-15-16-12(18)17(11)6-13-10/h3-6,8,14H,1-2H3,(H,16,18). The Labute approximate surface area is 108 Å². The Hall–Kier alpha value is -2.57. The fourth-order valence-electron chi connectivity index (χ4n) is 1.87. The smallest absolute Gasteiger partial charge is 0.348 e. The lowest BCUT2D eigenvalue weighted by molar-refractivity contribution is 0.466. The Morgan fingerprint density at radius 2 is 2.32 bits per heavy atom. The van der Waals surface area contributed by atoms with E-state index in [1.807, 2.05) is 26.0 Å². The molecule has 19 heavy (non-hydrogen) atoms. The summed E-state index contributed by atoms with van der Waals surface area (Å²) in [6.45, 7) is 3.87. The molecular formula is C12H13N5O2. The molecule has 0 bridgehead atoms. The minimum Gasteiger partial charge on any atom is -0.464 e. The lowest BCUT2D eigenvalue weighted by Crippen LogP contribution is -2.11. The molecule has 1 atom stereocenters. The second-order valence-electron chi connectivity index (χ2n) is 4.35. The van der Waals surface area contributed by atoms with Gasteiger partial charge in [-0.1, -0.05) is 0 Å². The first-order valence-corrected chi connectivity index (χ1v) is 5.89. The van der Waals surface area contributed by atoms with Gasteiger partial charge in [0.15, 0.2) is 5.65 Å². The molecule has 1 unspecified atom stereocenters. The zero-order valence-corrected chi connectivity index (χ0v) is 10.5. The van der Waals surface area contributed by atoms with Crippen LogP contribution in [0.15, 0.2) is 33.7 Å². The molecule has 2 N–H and O–H groups in total. The minimum absolute atomic E-state index is 0.0192. The van der Waals surface area contributed by atoms with Crippen LogP contribution in [0.4, 0.5) is 5.82 Å². The summed E-state index contributed by atoms with van der Waals surface area (Å²) in [5.74, 6) is 2.33. The number of hydrogen-bond acceptors (Lipinski definition) is 5. The van der Waals surface area contributed by atoms with Crippen LogP contribution in [-0.2, 0) is 0 Å². The number of H-pyrrole nitrogens is 1. The third kappa shape index (κ3) is 2.10. The molecule has 7 nitrogen and oxygen atoms in total. The van der Waals surface area contributed by atoms with E-state index in [1.54, 1.807) is 6.07 Å². The first-order valence-electron chi connectivity index (χ1n) is 5.89.